The van der Waals surface area contributed by atoms with Crippen LogP contribution < -0.4 is 0 Å². The quantitative estimate of drug-likeness (QED) is 0.474. The maximum absolute atomic E-state index is 12.0. The van der Waals surface area contributed by atoms with Crippen LogP contribution in [0.1, 0.15) is 77.6 Å². The van der Waals surface area contributed by atoms with E-state index in [0.29, 0.717) is 24.2 Å². The standard InChI is InChI=1S/C15H21NO.C15H19NO/c2*1-11(2)14-9-15(17)16(10-14)12(3)13-7-5-4-6-8-13/h4-8,11-12,14H,9-10H2,1-3H3;4-8,12H,9-10H2,1-3H3/t12-,14?;12-/m11/s1. The van der Waals surface area contributed by atoms with E-state index in [1.165, 1.54) is 22.3 Å². The topological polar surface area (TPSA) is 40.6 Å². The molecule has 4 rings (SSSR count). The van der Waals surface area contributed by atoms with Gasteiger partial charge in [0.1, 0.15) is 0 Å². The monoisotopic (exact) mass is 460 g/mol. The average Bonchev–Trinajstić information content (AvgIpc) is 3.43. The third kappa shape index (κ3) is 6.16. The van der Waals surface area contributed by atoms with Crippen molar-refractivity contribution in [1.29, 1.82) is 0 Å². The van der Waals surface area contributed by atoms with Crippen LogP contribution in [0.4, 0.5) is 0 Å². The zero-order valence-electron chi connectivity index (χ0n) is 21.6. The summed E-state index contributed by atoms with van der Waals surface area (Å²) in [5.41, 5.74) is 4.99. The lowest BCUT2D eigenvalue weighted by Gasteiger charge is -2.25. The maximum Gasteiger partial charge on any atom is 0.227 e. The van der Waals surface area contributed by atoms with Crippen molar-refractivity contribution in [1.82, 2.24) is 9.80 Å². The van der Waals surface area contributed by atoms with E-state index < -0.39 is 0 Å². The molecule has 0 saturated carbocycles. The molecule has 3 atom stereocenters. The molecule has 0 radical (unpaired) electrons. The summed E-state index contributed by atoms with van der Waals surface area (Å²) in [5, 5.41) is 0. The maximum atomic E-state index is 12.0. The number of rotatable bonds is 5. The van der Waals surface area contributed by atoms with Gasteiger partial charge in [-0.3, -0.25) is 9.59 Å². The van der Waals surface area contributed by atoms with Crippen molar-refractivity contribution in [3.05, 3.63) is 82.9 Å². The summed E-state index contributed by atoms with van der Waals surface area (Å²) in [6, 6.07) is 20.9. The molecule has 2 heterocycles. The fraction of sp³-hybridized carbons (Fsp3) is 0.467. The van der Waals surface area contributed by atoms with Crippen LogP contribution in [0.3, 0.4) is 0 Å². The lowest BCUT2D eigenvalue weighted by atomic mass is 9.95. The van der Waals surface area contributed by atoms with Crippen molar-refractivity contribution < 1.29 is 9.59 Å². The lowest BCUT2D eigenvalue weighted by Crippen LogP contribution is -2.28. The smallest absolute Gasteiger partial charge is 0.227 e. The number of benzene rings is 2. The summed E-state index contributed by atoms with van der Waals surface area (Å²) in [6.45, 7) is 14.5. The van der Waals surface area contributed by atoms with Crippen LogP contribution in [-0.4, -0.2) is 34.7 Å². The van der Waals surface area contributed by atoms with Gasteiger partial charge >= 0.3 is 0 Å². The molecular formula is C30H40N2O2. The highest BCUT2D eigenvalue weighted by molar-refractivity contribution is 5.83. The highest BCUT2D eigenvalue weighted by Crippen LogP contribution is 2.32. The second kappa shape index (κ2) is 11.5. The molecule has 2 fully saturated rings. The Labute approximate surface area is 205 Å². The molecule has 2 aliphatic rings. The predicted octanol–water partition coefficient (Wildman–Crippen LogP) is 6.57. The van der Waals surface area contributed by atoms with E-state index in [0.717, 1.165) is 19.5 Å². The molecule has 0 N–H and O–H groups in total. The van der Waals surface area contributed by atoms with Gasteiger partial charge in [0.15, 0.2) is 0 Å². The van der Waals surface area contributed by atoms with Gasteiger partial charge in [0.2, 0.25) is 11.8 Å². The first-order chi connectivity index (χ1) is 16.2. The summed E-state index contributed by atoms with van der Waals surface area (Å²) in [6.07, 6.45) is 1.31. The summed E-state index contributed by atoms with van der Waals surface area (Å²) in [7, 11) is 0. The third-order valence-corrected chi connectivity index (χ3v) is 7.38. The van der Waals surface area contributed by atoms with E-state index in [-0.39, 0.29) is 18.0 Å². The summed E-state index contributed by atoms with van der Waals surface area (Å²) < 4.78 is 0. The van der Waals surface area contributed by atoms with Crippen molar-refractivity contribution in [3.8, 4) is 0 Å². The van der Waals surface area contributed by atoms with E-state index in [9.17, 15) is 9.59 Å². The van der Waals surface area contributed by atoms with Crippen LogP contribution in [0.2, 0.25) is 0 Å². The Morgan fingerprint density at radius 2 is 1.26 bits per heavy atom. The Kier molecular flexibility index (Phi) is 8.71. The second-order valence-corrected chi connectivity index (χ2v) is 10.2. The third-order valence-electron chi connectivity index (χ3n) is 7.38. The molecular weight excluding hydrogens is 420 g/mol. The fourth-order valence-corrected chi connectivity index (χ4v) is 4.73. The van der Waals surface area contributed by atoms with Gasteiger partial charge < -0.3 is 9.80 Å². The van der Waals surface area contributed by atoms with Crippen molar-refractivity contribution in [2.45, 2.75) is 66.5 Å². The second-order valence-electron chi connectivity index (χ2n) is 10.2. The number of hydrogen-bond donors (Lipinski definition) is 0. The molecule has 4 nitrogen and oxygen atoms in total. The van der Waals surface area contributed by atoms with Crippen LogP contribution in [0.25, 0.3) is 0 Å². The Morgan fingerprint density at radius 3 is 1.68 bits per heavy atom. The Hall–Kier alpha value is -2.88. The van der Waals surface area contributed by atoms with Gasteiger partial charge in [-0.2, -0.15) is 0 Å². The van der Waals surface area contributed by atoms with E-state index >= 15 is 0 Å². The molecule has 0 aromatic heterocycles. The van der Waals surface area contributed by atoms with E-state index in [2.05, 4.69) is 65.8 Å². The Morgan fingerprint density at radius 1 is 0.765 bits per heavy atom. The zero-order chi connectivity index (χ0) is 24.8. The number of amides is 2. The first-order valence-electron chi connectivity index (χ1n) is 12.5. The minimum absolute atomic E-state index is 0.167. The molecule has 1 unspecified atom stereocenters. The molecule has 2 aromatic carbocycles. The molecule has 34 heavy (non-hydrogen) atoms. The summed E-state index contributed by atoms with van der Waals surface area (Å²) in [5.74, 6) is 1.66. The highest BCUT2D eigenvalue weighted by Gasteiger charge is 2.34. The number of allylic oxidation sites excluding steroid dienone is 1. The predicted molar refractivity (Wildman–Crippen MR) is 139 cm³/mol. The SMILES string of the molecule is CC(C)=C1CC(=O)N([C@H](C)c2ccccc2)C1.CC(C)C1CC(=O)N([C@H](C)c2ccccc2)C1. The van der Waals surface area contributed by atoms with Crippen LogP contribution in [-0.2, 0) is 9.59 Å². The first kappa shape index (κ1) is 25.7. The number of nitrogens with zero attached hydrogens (tertiary/aromatic N) is 2. The lowest BCUT2D eigenvalue weighted by molar-refractivity contribution is -0.130. The van der Waals surface area contributed by atoms with Gasteiger partial charge in [0.05, 0.1) is 12.1 Å². The molecule has 0 bridgehead atoms. The van der Waals surface area contributed by atoms with E-state index in [4.69, 9.17) is 0 Å². The first-order valence-corrected chi connectivity index (χ1v) is 12.5. The largest absolute Gasteiger partial charge is 0.336 e. The molecule has 182 valence electrons. The molecule has 2 saturated heterocycles. The Bertz CT molecular complexity index is 993. The number of carbonyl (C=O) groups excluding carboxylic acids is 2. The average molecular weight is 461 g/mol. The zero-order valence-corrected chi connectivity index (χ0v) is 21.6. The van der Waals surface area contributed by atoms with Crippen LogP contribution >= 0.6 is 0 Å². The van der Waals surface area contributed by atoms with Crippen molar-refractivity contribution in [2.75, 3.05) is 13.1 Å². The van der Waals surface area contributed by atoms with E-state index in [1.807, 2.05) is 46.2 Å². The van der Waals surface area contributed by atoms with Crippen molar-refractivity contribution in [2.24, 2.45) is 11.8 Å². The van der Waals surface area contributed by atoms with E-state index in [1.54, 1.807) is 0 Å². The van der Waals surface area contributed by atoms with Crippen molar-refractivity contribution in [3.63, 3.8) is 0 Å². The van der Waals surface area contributed by atoms with Crippen molar-refractivity contribution >= 4 is 11.8 Å². The minimum atomic E-state index is 0.167. The molecule has 2 aliphatic heterocycles. The van der Waals surface area contributed by atoms with Gasteiger partial charge in [-0.25, -0.2) is 0 Å². The molecule has 2 aromatic rings. The molecule has 0 aliphatic carbocycles. The number of hydrogen-bond acceptors (Lipinski definition) is 2. The van der Waals surface area contributed by atoms with Gasteiger partial charge in [0, 0.05) is 25.9 Å². The van der Waals surface area contributed by atoms with Gasteiger partial charge in [-0.1, -0.05) is 80.1 Å². The van der Waals surface area contributed by atoms with Crippen LogP contribution in [0.5, 0.6) is 0 Å². The molecule has 0 spiro atoms. The van der Waals surface area contributed by atoms with Crippen LogP contribution in [0, 0.1) is 11.8 Å². The van der Waals surface area contributed by atoms with Gasteiger partial charge in [0.25, 0.3) is 0 Å². The number of carbonyl (C=O) groups is 2. The number of likely N-dealkylation sites (tertiary alicyclic amines) is 2. The molecule has 2 amide bonds. The minimum Gasteiger partial charge on any atom is -0.336 e. The molecule has 4 heteroatoms. The summed E-state index contributed by atoms with van der Waals surface area (Å²) >= 11 is 0. The highest BCUT2D eigenvalue weighted by atomic mass is 16.2. The summed E-state index contributed by atoms with van der Waals surface area (Å²) in [4.78, 5) is 28.0. The Balaban J connectivity index is 0.000000191. The van der Waals surface area contributed by atoms with Gasteiger partial charge in [-0.15, -0.1) is 0 Å². The van der Waals surface area contributed by atoms with Gasteiger partial charge in [-0.05, 0) is 56.2 Å². The van der Waals surface area contributed by atoms with Crippen LogP contribution in [0.15, 0.2) is 71.8 Å². The fourth-order valence-electron chi connectivity index (χ4n) is 4.73. The normalized spacial score (nSPS) is 19.9.